The van der Waals surface area contributed by atoms with Crippen molar-refractivity contribution in [1.82, 2.24) is 19.8 Å². The molecule has 48 heavy (non-hydrogen) atoms. The number of carbonyl (C=O) groups is 1. The summed E-state index contributed by atoms with van der Waals surface area (Å²) in [6.07, 6.45) is 4.82. The number of hydrogen-bond donors (Lipinski definition) is 0. The maximum absolute atomic E-state index is 13.9. The molecule has 11 heteroatoms. The Kier molecular flexibility index (Phi) is 8.98. The number of carbonyl (C=O) groups excluding carboxylic acids is 1. The molecule has 0 spiro atoms. The van der Waals surface area contributed by atoms with E-state index in [9.17, 15) is 14.4 Å². The third kappa shape index (κ3) is 6.21. The number of aromatic nitrogens is 2. The summed E-state index contributed by atoms with van der Waals surface area (Å²) in [4.78, 5) is 31.1. The Morgan fingerprint density at radius 2 is 1.98 bits per heavy atom. The maximum Gasteiger partial charge on any atom is 0.318 e. The minimum absolute atomic E-state index is 0.0451. The quantitative estimate of drug-likeness (QED) is 0.195. The lowest BCUT2D eigenvalue weighted by Crippen LogP contribution is -2.55. The van der Waals surface area contributed by atoms with Crippen LogP contribution in [0.3, 0.4) is 0 Å². The number of fused-ring (bicyclic) bond motifs is 2. The Labute approximate surface area is 286 Å². The highest BCUT2D eigenvalue weighted by molar-refractivity contribution is 8.08. The predicted molar refractivity (Wildman–Crippen MR) is 189 cm³/mol. The summed E-state index contributed by atoms with van der Waals surface area (Å²) < 4.78 is 20.3. The number of thioether (sulfide) groups is 1. The van der Waals surface area contributed by atoms with Crippen molar-refractivity contribution in [1.29, 1.82) is 5.26 Å². The smallest absolute Gasteiger partial charge is 0.318 e. The molecule has 3 aromatic rings. The Morgan fingerprint density at radius 3 is 2.71 bits per heavy atom. The zero-order valence-electron chi connectivity index (χ0n) is 28.1. The minimum atomic E-state index is -1.01. The second-order valence-electron chi connectivity index (χ2n) is 13.9. The predicted octanol–water partition coefficient (Wildman–Crippen LogP) is 5.86. The van der Waals surface area contributed by atoms with Crippen molar-refractivity contribution in [3.63, 3.8) is 0 Å². The standard InChI is InChI=1S/C37H44FN7O2S/c1-24-8-5-11-27-12-7-13-31(33(24)27)43-17-15-29-30(22-43)40-36(47-23-32-37(3,48-32)42(4)20-26-9-6-10-26)41-34(29)44-18-19-45(35(46)25(2)38)28(21-44)14-16-39/h5,7-8,11-13,26,28,32H,2,6,9-10,14-15,17-23H2,1,3-4H3/t28-,32?,37-/m0/s1. The third-order valence-corrected chi connectivity index (χ3v) is 12.6. The lowest BCUT2D eigenvalue weighted by molar-refractivity contribution is -0.131. The monoisotopic (exact) mass is 669 g/mol. The van der Waals surface area contributed by atoms with Gasteiger partial charge in [-0.1, -0.05) is 43.3 Å². The van der Waals surface area contributed by atoms with Gasteiger partial charge in [0, 0.05) is 49.4 Å². The maximum atomic E-state index is 13.9. The molecule has 4 aliphatic rings. The molecule has 0 N–H and O–H groups in total. The van der Waals surface area contributed by atoms with Gasteiger partial charge in [-0.15, -0.1) is 11.8 Å². The van der Waals surface area contributed by atoms with Crippen molar-refractivity contribution < 1.29 is 13.9 Å². The number of aryl methyl sites for hydroxylation is 1. The largest absolute Gasteiger partial charge is 0.462 e. The van der Waals surface area contributed by atoms with Gasteiger partial charge in [0.05, 0.1) is 40.9 Å². The fourth-order valence-electron chi connectivity index (χ4n) is 7.61. The van der Waals surface area contributed by atoms with Gasteiger partial charge < -0.3 is 19.4 Å². The lowest BCUT2D eigenvalue weighted by atomic mass is 9.85. The molecular weight excluding hydrogens is 626 g/mol. The van der Waals surface area contributed by atoms with Crippen molar-refractivity contribution in [3.05, 3.63) is 65.6 Å². The molecule has 2 saturated heterocycles. The molecule has 7 rings (SSSR count). The van der Waals surface area contributed by atoms with E-state index in [1.807, 2.05) is 11.8 Å². The summed E-state index contributed by atoms with van der Waals surface area (Å²) in [6, 6.07) is 14.9. The zero-order valence-corrected chi connectivity index (χ0v) is 28.9. The summed E-state index contributed by atoms with van der Waals surface area (Å²) >= 11 is 1.94. The first kappa shape index (κ1) is 32.7. The first-order valence-electron chi connectivity index (χ1n) is 17.1. The number of halogens is 1. The first-order valence-corrected chi connectivity index (χ1v) is 18.0. The van der Waals surface area contributed by atoms with Crippen molar-refractivity contribution in [2.24, 2.45) is 5.92 Å². The van der Waals surface area contributed by atoms with Crippen LogP contribution < -0.4 is 14.5 Å². The highest BCUT2D eigenvalue weighted by atomic mass is 32.2. The van der Waals surface area contributed by atoms with Crippen LogP contribution in [0.5, 0.6) is 6.01 Å². The van der Waals surface area contributed by atoms with Crippen LogP contribution in [-0.4, -0.2) is 88.2 Å². The Bertz CT molecular complexity index is 1770. The third-order valence-electron chi connectivity index (χ3n) is 10.9. The van der Waals surface area contributed by atoms with Crippen LogP contribution in [-0.2, 0) is 17.8 Å². The fraction of sp³-hybridized carbons (Fsp3) is 0.514. The SMILES string of the molecule is C=C(F)C(=O)N1CCN(c2nc(OCC3S[C@]3(C)N(C)CC3CCC3)nc3c2CCN(c2cccc4cccc(C)c24)C3)C[C@@H]1CC#N. The van der Waals surface area contributed by atoms with Crippen LogP contribution in [0.1, 0.15) is 49.4 Å². The molecule has 0 radical (unpaired) electrons. The number of hydrogen-bond acceptors (Lipinski definition) is 9. The van der Waals surface area contributed by atoms with Crippen LogP contribution in [0.15, 0.2) is 48.8 Å². The number of piperazine rings is 1. The van der Waals surface area contributed by atoms with E-state index < -0.39 is 17.8 Å². The van der Waals surface area contributed by atoms with Crippen LogP contribution in [0.25, 0.3) is 10.8 Å². The summed E-state index contributed by atoms with van der Waals surface area (Å²) in [7, 11) is 2.22. The Hall–Kier alpha value is -3.88. The van der Waals surface area contributed by atoms with E-state index in [2.05, 4.69) is 84.6 Å². The van der Waals surface area contributed by atoms with E-state index in [0.717, 1.165) is 42.5 Å². The van der Waals surface area contributed by atoms with Gasteiger partial charge in [0.2, 0.25) is 0 Å². The molecule has 9 nitrogen and oxygen atoms in total. The van der Waals surface area contributed by atoms with Gasteiger partial charge in [-0.2, -0.15) is 15.2 Å². The van der Waals surface area contributed by atoms with E-state index in [0.29, 0.717) is 37.5 Å². The normalized spacial score (nSPS) is 23.9. The molecule has 3 fully saturated rings. The van der Waals surface area contributed by atoms with Crippen molar-refractivity contribution in [2.45, 2.75) is 68.7 Å². The van der Waals surface area contributed by atoms with Crippen molar-refractivity contribution in [2.75, 3.05) is 56.2 Å². The lowest BCUT2D eigenvalue weighted by Gasteiger charge is -2.42. The second-order valence-corrected chi connectivity index (χ2v) is 15.5. The zero-order chi connectivity index (χ0) is 33.6. The first-order chi connectivity index (χ1) is 23.2. The molecule has 0 bridgehead atoms. The molecular formula is C37H44FN7O2S. The number of anilines is 2. The highest BCUT2D eigenvalue weighted by Gasteiger charge is 2.55. The molecule has 1 saturated carbocycles. The van der Waals surface area contributed by atoms with Gasteiger partial charge in [0.15, 0.2) is 5.83 Å². The van der Waals surface area contributed by atoms with Gasteiger partial charge in [0.1, 0.15) is 12.4 Å². The summed E-state index contributed by atoms with van der Waals surface area (Å²) in [5.41, 5.74) is 4.41. The number of nitrogens with zero attached hydrogens (tertiary/aromatic N) is 7. The molecule has 1 amide bonds. The number of benzene rings is 2. The van der Waals surface area contributed by atoms with Gasteiger partial charge in [-0.05, 0) is 63.1 Å². The number of ether oxygens (including phenoxy) is 1. The number of nitriles is 1. The summed E-state index contributed by atoms with van der Waals surface area (Å²) in [5, 5.41) is 12.4. The summed E-state index contributed by atoms with van der Waals surface area (Å²) in [6.45, 7) is 11.8. The van der Waals surface area contributed by atoms with Crippen LogP contribution in [0.2, 0.25) is 0 Å². The molecule has 1 aromatic heterocycles. The van der Waals surface area contributed by atoms with Crippen LogP contribution in [0, 0.1) is 24.2 Å². The Morgan fingerprint density at radius 1 is 1.19 bits per heavy atom. The molecule has 1 aliphatic carbocycles. The topological polar surface area (TPSA) is 88.8 Å². The van der Waals surface area contributed by atoms with E-state index in [-0.39, 0.29) is 17.8 Å². The van der Waals surface area contributed by atoms with Gasteiger partial charge >= 0.3 is 6.01 Å². The fourth-order valence-corrected chi connectivity index (χ4v) is 8.76. The van der Waals surface area contributed by atoms with Gasteiger partial charge in [-0.25, -0.2) is 4.39 Å². The summed E-state index contributed by atoms with van der Waals surface area (Å²) in [5.74, 6) is -0.171. The highest BCUT2D eigenvalue weighted by Crippen LogP contribution is 2.55. The van der Waals surface area contributed by atoms with Crippen LogP contribution >= 0.6 is 11.8 Å². The average Bonchev–Trinajstić information content (AvgIpc) is 3.75. The van der Waals surface area contributed by atoms with E-state index in [1.165, 1.54) is 46.2 Å². The minimum Gasteiger partial charge on any atom is -0.462 e. The van der Waals surface area contributed by atoms with Crippen LogP contribution in [0.4, 0.5) is 15.9 Å². The van der Waals surface area contributed by atoms with Crippen molar-refractivity contribution in [3.8, 4) is 12.1 Å². The average molecular weight is 670 g/mol. The molecule has 4 heterocycles. The number of amides is 1. The molecule has 252 valence electrons. The van der Waals surface area contributed by atoms with E-state index >= 15 is 0 Å². The molecule has 3 atom stereocenters. The molecule has 1 unspecified atom stereocenters. The van der Waals surface area contributed by atoms with E-state index in [4.69, 9.17) is 14.7 Å². The van der Waals surface area contributed by atoms with Crippen molar-refractivity contribution >= 4 is 39.9 Å². The second kappa shape index (κ2) is 13.2. The molecule has 3 aliphatic heterocycles. The van der Waals surface area contributed by atoms with Gasteiger partial charge in [0.25, 0.3) is 5.91 Å². The molecule has 2 aromatic carbocycles. The van der Waals surface area contributed by atoms with E-state index in [1.54, 1.807) is 0 Å². The number of rotatable bonds is 10. The Balaban J connectivity index is 1.17. The van der Waals surface area contributed by atoms with Gasteiger partial charge in [-0.3, -0.25) is 9.69 Å².